The van der Waals surface area contributed by atoms with E-state index in [0.29, 0.717) is 5.56 Å². The van der Waals surface area contributed by atoms with Crippen molar-refractivity contribution in [2.24, 2.45) is 10.7 Å². The Hall–Kier alpha value is -4.10. The molecule has 36 heavy (non-hydrogen) atoms. The molecular weight excluding hydrogens is 511 g/mol. The topological polar surface area (TPSA) is 154 Å². The quantitative estimate of drug-likeness (QED) is 0.392. The molecule has 10 nitrogen and oxygen atoms in total. The lowest BCUT2D eigenvalue weighted by Gasteiger charge is -2.15. The van der Waals surface area contributed by atoms with Gasteiger partial charge in [0, 0.05) is 23.7 Å². The fourth-order valence-corrected chi connectivity index (χ4v) is 5.48. The first-order valence-electron chi connectivity index (χ1n) is 10.4. The van der Waals surface area contributed by atoms with Gasteiger partial charge in [-0.1, -0.05) is 6.08 Å². The molecule has 0 radical (unpaired) electrons. The minimum Gasteiger partial charge on any atom is -0.464 e. The predicted octanol–water partition coefficient (Wildman–Crippen LogP) is 2.68. The molecule has 3 N–H and O–H groups in total. The standard InChI is InChI=1S/C23H17FN4O6S2/c1-36(32,33)27-23(31)19-17(13-3-2-5-26-22(13)30)18-15(8-14(24)12-4-6-34-20(12)18)28(19)9-11-7-16(21(25)29)35-10-11/h2-8,10,13H,9H2,1H3,(H2,25,29)(H,27,31). The molecule has 3 aromatic heterocycles. The number of amides is 3. The van der Waals surface area contributed by atoms with Crippen molar-refractivity contribution < 1.29 is 31.6 Å². The SMILES string of the molecule is CS(=O)(=O)NC(=O)c1c(C2C=CC=NC2=O)c2c3occc3c(F)cc2n1Cc1csc(C(N)=O)c1. The lowest BCUT2D eigenvalue weighted by molar-refractivity contribution is -0.118. The number of hydrogen-bond acceptors (Lipinski definition) is 7. The van der Waals surface area contributed by atoms with Gasteiger partial charge in [-0.15, -0.1) is 11.3 Å². The minimum absolute atomic E-state index is 0.0632. The van der Waals surface area contributed by atoms with Crippen molar-refractivity contribution in [3.8, 4) is 0 Å². The summed E-state index contributed by atoms with van der Waals surface area (Å²) < 4.78 is 47.9. The molecule has 13 heteroatoms. The van der Waals surface area contributed by atoms with Gasteiger partial charge in [-0.3, -0.25) is 14.4 Å². The fourth-order valence-electron chi connectivity index (χ4n) is 4.29. The maximum atomic E-state index is 15.1. The summed E-state index contributed by atoms with van der Waals surface area (Å²) in [6.07, 6.45) is 6.43. The van der Waals surface area contributed by atoms with Crippen molar-refractivity contribution in [1.82, 2.24) is 9.29 Å². The van der Waals surface area contributed by atoms with Gasteiger partial charge in [-0.05, 0) is 35.2 Å². The van der Waals surface area contributed by atoms with E-state index in [1.807, 2.05) is 4.72 Å². The van der Waals surface area contributed by atoms with Gasteiger partial charge in [0.05, 0.1) is 34.2 Å². The van der Waals surface area contributed by atoms with Crippen LogP contribution in [0.3, 0.4) is 0 Å². The van der Waals surface area contributed by atoms with Crippen molar-refractivity contribution in [1.29, 1.82) is 0 Å². The van der Waals surface area contributed by atoms with Crippen LogP contribution in [0.4, 0.5) is 4.39 Å². The van der Waals surface area contributed by atoms with Crippen molar-refractivity contribution >= 4 is 67.2 Å². The Balaban J connectivity index is 1.87. The van der Waals surface area contributed by atoms with Crippen LogP contribution in [-0.4, -0.2) is 43.2 Å². The molecule has 1 aliphatic rings. The van der Waals surface area contributed by atoms with E-state index in [-0.39, 0.29) is 44.6 Å². The molecule has 0 saturated heterocycles. The molecular formula is C23H17FN4O6S2. The van der Waals surface area contributed by atoms with E-state index in [1.54, 1.807) is 5.38 Å². The summed E-state index contributed by atoms with van der Waals surface area (Å²) in [7, 11) is -4.01. The third-order valence-electron chi connectivity index (χ3n) is 5.65. The summed E-state index contributed by atoms with van der Waals surface area (Å²) in [5, 5.41) is 2.03. The lowest BCUT2D eigenvalue weighted by Crippen LogP contribution is -2.32. The summed E-state index contributed by atoms with van der Waals surface area (Å²) in [6.45, 7) is -0.0632. The number of benzene rings is 1. The molecule has 4 heterocycles. The van der Waals surface area contributed by atoms with Crippen molar-refractivity contribution in [3.05, 3.63) is 69.5 Å². The number of aliphatic imine (C=N–C) groups is 1. The summed E-state index contributed by atoms with van der Waals surface area (Å²) in [6, 6.07) is 4.13. The molecule has 1 aliphatic heterocycles. The highest BCUT2D eigenvalue weighted by Gasteiger charge is 2.34. The van der Waals surface area contributed by atoms with Gasteiger partial charge >= 0.3 is 0 Å². The van der Waals surface area contributed by atoms with Gasteiger partial charge in [0.15, 0.2) is 0 Å². The Morgan fingerprint density at radius 1 is 1.33 bits per heavy atom. The highest BCUT2D eigenvalue weighted by molar-refractivity contribution is 7.89. The van der Waals surface area contributed by atoms with E-state index in [0.717, 1.165) is 17.6 Å². The van der Waals surface area contributed by atoms with Crippen LogP contribution in [0.2, 0.25) is 0 Å². The Labute approximate surface area is 206 Å². The van der Waals surface area contributed by atoms with Gasteiger partial charge in [0.25, 0.3) is 17.7 Å². The maximum absolute atomic E-state index is 15.1. The molecule has 0 bridgehead atoms. The minimum atomic E-state index is -4.01. The molecule has 0 aliphatic carbocycles. The van der Waals surface area contributed by atoms with Crippen molar-refractivity contribution in [3.63, 3.8) is 0 Å². The fraction of sp³-hybridized carbons (Fsp3) is 0.130. The number of furan rings is 1. The van der Waals surface area contributed by atoms with Crippen LogP contribution in [0.15, 0.2) is 51.4 Å². The molecule has 1 atom stereocenters. The number of nitrogens with zero attached hydrogens (tertiary/aromatic N) is 2. The number of aromatic nitrogens is 1. The second kappa shape index (κ2) is 8.53. The first-order chi connectivity index (χ1) is 17.0. The van der Waals surface area contributed by atoms with Gasteiger partial charge in [0.1, 0.15) is 17.1 Å². The monoisotopic (exact) mass is 528 g/mol. The van der Waals surface area contributed by atoms with Crippen molar-refractivity contribution in [2.75, 3.05) is 6.26 Å². The third-order valence-corrected chi connectivity index (χ3v) is 7.20. The van der Waals surface area contributed by atoms with Crippen LogP contribution in [0.1, 0.15) is 37.2 Å². The second-order valence-electron chi connectivity index (χ2n) is 8.13. The highest BCUT2D eigenvalue weighted by atomic mass is 32.2. The van der Waals surface area contributed by atoms with Crippen LogP contribution in [-0.2, 0) is 21.4 Å². The van der Waals surface area contributed by atoms with Gasteiger partial charge in [-0.25, -0.2) is 22.5 Å². The Morgan fingerprint density at radius 2 is 2.11 bits per heavy atom. The molecule has 3 amide bonds. The number of nitrogens with two attached hydrogens (primary N) is 1. The summed E-state index contributed by atoms with van der Waals surface area (Å²) in [5.41, 5.74) is 6.12. The van der Waals surface area contributed by atoms with Crippen LogP contribution < -0.4 is 10.5 Å². The lowest BCUT2D eigenvalue weighted by atomic mass is 9.92. The number of rotatable bonds is 6. The molecule has 4 aromatic rings. The molecule has 5 rings (SSSR count). The molecule has 1 unspecified atom stereocenters. The number of sulfonamides is 1. The van der Waals surface area contributed by atoms with Crippen LogP contribution in [0.25, 0.3) is 21.9 Å². The smallest absolute Gasteiger partial charge is 0.281 e. The molecule has 1 aromatic carbocycles. The normalized spacial score (nSPS) is 15.7. The Morgan fingerprint density at radius 3 is 2.78 bits per heavy atom. The van der Waals surface area contributed by atoms with E-state index in [9.17, 15) is 22.8 Å². The Bertz CT molecular complexity index is 1760. The van der Waals surface area contributed by atoms with Crippen LogP contribution >= 0.6 is 11.3 Å². The number of nitrogens with one attached hydrogen (secondary N) is 1. The number of allylic oxidation sites excluding steroid dienone is 1. The predicted molar refractivity (Wildman–Crippen MR) is 131 cm³/mol. The summed E-state index contributed by atoms with van der Waals surface area (Å²) in [4.78, 5) is 41.9. The van der Waals surface area contributed by atoms with E-state index in [4.69, 9.17) is 10.2 Å². The zero-order valence-corrected chi connectivity index (χ0v) is 20.2. The van der Waals surface area contributed by atoms with E-state index in [1.165, 1.54) is 47.4 Å². The maximum Gasteiger partial charge on any atom is 0.281 e. The van der Waals surface area contributed by atoms with E-state index >= 15 is 4.39 Å². The average Bonchev–Trinajstić information content (AvgIpc) is 3.51. The van der Waals surface area contributed by atoms with Crippen LogP contribution in [0, 0.1) is 5.82 Å². The average molecular weight is 529 g/mol. The zero-order valence-electron chi connectivity index (χ0n) is 18.5. The first-order valence-corrected chi connectivity index (χ1v) is 13.2. The molecule has 0 fully saturated rings. The number of fused-ring (bicyclic) bond motifs is 3. The number of carbonyl (C=O) groups is 3. The number of halogens is 1. The zero-order chi connectivity index (χ0) is 25.8. The second-order valence-corrected chi connectivity index (χ2v) is 10.8. The number of thiophene rings is 1. The number of dihydropyridines is 1. The summed E-state index contributed by atoms with van der Waals surface area (Å²) in [5.74, 6) is -3.97. The van der Waals surface area contributed by atoms with Gasteiger partial charge < -0.3 is 14.7 Å². The Kier molecular flexibility index (Phi) is 5.60. The van der Waals surface area contributed by atoms with E-state index in [2.05, 4.69) is 4.99 Å². The number of hydrogen-bond donors (Lipinski definition) is 2. The van der Waals surface area contributed by atoms with E-state index < -0.39 is 39.5 Å². The number of primary amides is 1. The van der Waals surface area contributed by atoms with Crippen molar-refractivity contribution in [2.45, 2.75) is 12.5 Å². The molecule has 0 saturated carbocycles. The summed E-state index contributed by atoms with van der Waals surface area (Å²) >= 11 is 1.09. The largest absolute Gasteiger partial charge is 0.464 e. The van der Waals surface area contributed by atoms with Gasteiger partial charge in [0.2, 0.25) is 10.0 Å². The third kappa shape index (κ3) is 4.01. The highest BCUT2D eigenvalue weighted by Crippen LogP contribution is 2.40. The van der Waals surface area contributed by atoms with Gasteiger partial charge in [-0.2, -0.15) is 0 Å². The molecule has 0 spiro atoms. The first kappa shape index (κ1) is 23.6. The van der Waals surface area contributed by atoms with Crippen LogP contribution in [0.5, 0.6) is 0 Å². The number of carbonyl (C=O) groups excluding carboxylic acids is 3. The molecule has 184 valence electrons.